The highest BCUT2D eigenvalue weighted by Crippen LogP contribution is 2.11. The van der Waals surface area contributed by atoms with Gasteiger partial charge in [-0.2, -0.15) is 11.3 Å². The van der Waals surface area contributed by atoms with Gasteiger partial charge in [-0.25, -0.2) is 0 Å². The molecule has 2 atom stereocenters. The first kappa shape index (κ1) is 17.2. The molecule has 1 aromatic rings. The van der Waals surface area contributed by atoms with Crippen LogP contribution in [-0.4, -0.2) is 68.2 Å². The van der Waals surface area contributed by atoms with Crippen molar-refractivity contribution in [2.75, 3.05) is 40.4 Å². The van der Waals surface area contributed by atoms with Gasteiger partial charge in [0.05, 0.1) is 13.2 Å². The first-order chi connectivity index (χ1) is 10.6. The lowest BCUT2D eigenvalue weighted by Gasteiger charge is -2.38. The molecule has 2 rings (SSSR count). The van der Waals surface area contributed by atoms with Crippen molar-refractivity contribution in [1.82, 2.24) is 15.1 Å². The van der Waals surface area contributed by atoms with Crippen LogP contribution < -0.4 is 5.32 Å². The van der Waals surface area contributed by atoms with E-state index in [-0.39, 0.29) is 0 Å². The molecule has 0 saturated carbocycles. The van der Waals surface area contributed by atoms with Gasteiger partial charge < -0.3 is 15.0 Å². The van der Waals surface area contributed by atoms with E-state index in [2.05, 4.69) is 57.8 Å². The molecule has 2 unspecified atom stereocenters. The van der Waals surface area contributed by atoms with Gasteiger partial charge in [0.1, 0.15) is 0 Å². The molecule has 1 aromatic heterocycles. The van der Waals surface area contributed by atoms with Gasteiger partial charge in [-0.05, 0) is 36.2 Å². The van der Waals surface area contributed by atoms with Crippen LogP contribution in [0.2, 0.25) is 0 Å². The number of nitrogens with zero attached hydrogens (tertiary/aromatic N) is 3. The summed E-state index contributed by atoms with van der Waals surface area (Å²) in [7, 11) is 3.92. The maximum absolute atomic E-state index is 5.51. The Hall–Kier alpha value is -1.11. The molecule has 0 aromatic carbocycles. The monoisotopic (exact) mass is 324 g/mol. The van der Waals surface area contributed by atoms with E-state index in [4.69, 9.17) is 4.74 Å². The zero-order chi connectivity index (χ0) is 15.9. The van der Waals surface area contributed by atoms with E-state index in [1.807, 2.05) is 7.05 Å². The number of nitrogens with one attached hydrogen (secondary N) is 1. The van der Waals surface area contributed by atoms with Gasteiger partial charge >= 0.3 is 0 Å². The fourth-order valence-corrected chi connectivity index (χ4v) is 3.53. The van der Waals surface area contributed by atoms with Crippen LogP contribution in [0.25, 0.3) is 0 Å². The first-order valence-electron chi connectivity index (χ1n) is 7.88. The van der Waals surface area contributed by atoms with Gasteiger partial charge in [0.2, 0.25) is 0 Å². The predicted octanol–water partition coefficient (Wildman–Crippen LogP) is 1.86. The summed E-state index contributed by atoms with van der Waals surface area (Å²) >= 11 is 1.73. The number of hydrogen-bond donors (Lipinski definition) is 1. The predicted molar refractivity (Wildman–Crippen MR) is 93.6 cm³/mol. The van der Waals surface area contributed by atoms with E-state index >= 15 is 0 Å². The van der Waals surface area contributed by atoms with Gasteiger partial charge in [-0.15, -0.1) is 0 Å². The molecule has 1 N–H and O–H groups in total. The van der Waals surface area contributed by atoms with E-state index in [1.165, 1.54) is 5.56 Å². The lowest BCUT2D eigenvalue weighted by atomic mass is 10.2. The number of rotatable bonds is 5. The Morgan fingerprint density at radius 2 is 2.45 bits per heavy atom. The van der Waals surface area contributed by atoms with Crippen LogP contribution in [-0.2, 0) is 11.3 Å². The van der Waals surface area contributed by atoms with Crippen molar-refractivity contribution < 1.29 is 4.74 Å². The zero-order valence-corrected chi connectivity index (χ0v) is 14.9. The van der Waals surface area contributed by atoms with Crippen LogP contribution in [0, 0.1) is 0 Å². The number of aliphatic imine (C=N–C) groups is 1. The summed E-state index contributed by atoms with van der Waals surface area (Å²) in [5.74, 6) is 0.943. The second-order valence-electron chi connectivity index (χ2n) is 5.93. The fraction of sp³-hybridized carbons (Fsp3) is 0.688. The fourth-order valence-electron chi connectivity index (χ4n) is 2.87. The third-order valence-electron chi connectivity index (χ3n) is 4.11. The maximum Gasteiger partial charge on any atom is 0.193 e. The largest absolute Gasteiger partial charge is 0.379 e. The van der Waals surface area contributed by atoms with Crippen LogP contribution in [0.5, 0.6) is 0 Å². The molecule has 2 heterocycles. The van der Waals surface area contributed by atoms with Crippen LogP contribution in [0.4, 0.5) is 0 Å². The molecule has 1 fully saturated rings. The average molecular weight is 324 g/mol. The molecule has 0 bridgehead atoms. The zero-order valence-electron chi connectivity index (χ0n) is 14.1. The smallest absolute Gasteiger partial charge is 0.193 e. The molecule has 6 heteroatoms. The second kappa shape index (κ2) is 8.50. The molecule has 0 amide bonds. The molecule has 22 heavy (non-hydrogen) atoms. The van der Waals surface area contributed by atoms with Crippen LogP contribution >= 0.6 is 11.3 Å². The molecule has 0 aliphatic carbocycles. The topological polar surface area (TPSA) is 40.1 Å². The van der Waals surface area contributed by atoms with Gasteiger partial charge in [-0.3, -0.25) is 9.89 Å². The SMILES string of the molecule is CN=C(NCC(C)N1CCOCC1C)N(C)Cc1ccsc1. The third-order valence-corrected chi connectivity index (χ3v) is 4.85. The number of morpholine rings is 1. The number of guanidine groups is 1. The molecule has 5 nitrogen and oxygen atoms in total. The molecular formula is C16H28N4OS. The van der Waals surface area contributed by atoms with Gasteiger partial charge in [0.25, 0.3) is 0 Å². The summed E-state index contributed by atoms with van der Waals surface area (Å²) < 4.78 is 5.51. The van der Waals surface area contributed by atoms with Gasteiger partial charge in [0.15, 0.2) is 5.96 Å². The summed E-state index contributed by atoms with van der Waals surface area (Å²) in [6.45, 7) is 8.94. The van der Waals surface area contributed by atoms with E-state index in [0.717, 1.165) is 38.8 Å². The van der Waals surface area contributed by atoms with E-state index in [1.54, 1.807) is 11.3 Å². The summed E-state index contributed by atoms with van der Waals surface area (Å²) in [6.07, 6.45) is 0. The van der Waals surface area contributed by atoms with Crippen molar-refractivity contribution in [2.45, 2.75) is 32.5 Å². The highest BCUT2D eigenvalue weighted by atomic mass is 32.1. The molecule has 0 radical (unpaired) electrons. The van der Waals surface area contributed by atoms with Crippen LogP contribution in [0.15, 0.2) is 21.8 Å². The van der Waals surface area contributed by atoms with Crippen LogP contribution in [0.3, 0.4) is 0 Å². The van der Waals surface area contributed by atoms with Crippen molar-refractivity contribution in [3.8, 4) is 0 Å². The first-order valence-corrected chi connectivity index (χ1v) is 8.82. The number of ether oxygens (including phenoxy) is 1. The van der Waals surface area contributed by atoms with Crippen molar-refractivity contribution in [3.05, 3.63) is 22.4 Å². The minimum Gasteiger partial charge on any atom is -0.379 e. The summed E-state index contributed by atoms with van der Waals surface area (Å²) in [5.41, 5.74) is 1.32. The Morgan fingerprint density at radius 1 is 1.64 bits per heavy atom. The highest BCUT2D eigenvalue weighted by Gasteiger charge is 2.23. The molecule has 1 aliphatic heterocycles. The van der Waals surface area contributed by atoms with Crippen molar-refractivity contribution in [3.63, 3.8) is 0 Å². The Balaban J connectivity index is 1.82. The Kier molecular flexibility index (Phi) is 6.67. The molecular weight excluding hydrogens is 296 g/mol. The van der Waals surface area contributed by atoms with E-state index < -0.39 is 0 Å². The van der Waals surface area contributed by atoms with Crippen LogP contribution in [0.1, 0.15) is 19.4 Å². The summed E-state index contributed by atoms with van der Waals surface area (Å²) in [6, 6.07) is 3.10. The van der Waals surface area contributed by atoms with E-state index in [0.29, 0.717) is 12.1 Å². The standard InChI is InChI=1S/C16H28N4OS/c1-13(20-6-7-21-11-14(20)2)9-18-16(17-3)19(4)10-15-5-8-22-12-15/h5,8,12-14H,6-7,9-11H2,1-4H3,(H,17,18). The molecule has 1 saturated heterocycles. The Morgan fingerprint density at radius 3 is 3.09 bits per heavy atom. The molecule has 0 spiro atoms. The highest BCUT2D eigenvalue weighted by molar-refractivity contribution is 7.07. The molecule has 1 aliphatic rings. The average Bonchev–Trinajstić information content (AvgIpc) is 3.01. The molecule has 124 valence electrons. The lowest BCUT2D eigenvalue weighted by molar-refractivity contribution is -0.0175. The lowest BCUT2D eigenvalue weighted by Crippen LogP contribution is -2.53. The van der Waals surface area contributed by atoms with Crippen molar-refractivity contribution >= 4 is 17.3 Å². The number of hydrogen-bond acceptors (Lipinski definition) is 4. The van der Waals surface area contributed by atoms with Crippen molar-refractivity contribution in [2.24, 2.45) is 4.99 Å². The van der Waals surface area contributed by atoms with Crippen molar-refractivity contribution in [1.29, 1.82) is 0 Å². The Bertz CT molecular complexity index is 463. The van der Waals surface area contributed by atoms with Gasteiger partial charge in [-0.1, -0.05) is 0 Å². The normalized spacial score (nSPS) is 21.6. The Labute approximate surface area is 138 Å². The second-order valence-corrected chi connectivity index (χ2v) is 6.71. The van der Waals surface area contributed by atoms with E-state index in [9.17, 15) is 0 Å². The summed E-state index contributed by atoms with van der Waals surface area (Å²) in [4.78, 5) is 9.06. The third kappa shape index (κ3) is 4.69. The number of thiophene rings is 1. The quantitative estimate of drug-likeness (QED) is 0.663. The maximum atomic E-state index is 5.51. The minimum atomic E-state index is 0.463. The minimum absolute atomic E-state index is 0.463. The van der Waals surface area contributed by atoms with Gasteiger partial charge in [0, 0.05) is 45.8 Å². The summed E-state index contributed by atoms with van der Waals surface area (Å²) in [5, 5.41) is 7.79.